The number of benzene rings is 1. The highest BCUT2D eigenvalue weighted by Crippen LogP contribution is 2.35. The molecule has 1 fully saturated rings. The first-order chi connectivity index (χ1) is 8.16. The van der Waals surface area contributed by atoms with Gasteiger partial charge < -0.3 is 10.3 Å². The SMILES string of the molecule is Cn1c([C@@H]2CC[C@H](N)C2)nc2cccc(Cl)c21. The maximum absolute atomic E-state index is 6.23. The summed E-state index contributed by atoms with van der Waals surface area (Å²) in [6, 6.07) is 6.20. The van der Waals surface area contributed by atoms with Crippen molar-refractivity contribution in [1.29, 1.82) is 0 Å². The van der Waals surface area contributed by atoms with E-state index >= 15 is 0 Å². The Kier molecular flexibility index (Phi) is 2.60. The molecule has 0 saturated heterocycles. The Balaban J connectivity index is 2.12. The van der Waals surface area contributed by atoms with Crippen LogP contribution >= 0.6 is 11.6 Å². The van der Waals surface area contributed by atoms with Crippen LogP contribution in [0.4, 0.5) is 0 Å². The number of hydrogen-bond donors (Lipinski definition) is 1. The summed E-state index contributed by atoms with van der Waals surface area (Å²) in [6.45, 7) is 0. The summed E-state index contributed by atoms with van der Waals surface area (Å²) in [5, 5.41) is 0.769. The maximum Gasteiger partial charge on any atom is 0.112 e. The number of imidazole rings is 1. The first-order valence-corrected chi connectivity index (χ1v) is 6.41. The van der Waals surface area contributed by atoms with Crippen molar-refractivity contribution in [2.45, 2.75) is 31.2 Å². The van der Waals surface area contributed by atoms with Gasteiger partial charge in [-0.2, -0.15) is 0 Å². The molecule has 0 amide bonds. The van der Waals surface area contributed by atoms with Crippen LogP contribution in [0.15, 0.2) is 18.2 Å². The van der Waals surface area contributed by atoms with Gasteiger partial charge in [-0.1, -0.05) is 17.7 Å². The second-order valence-electron chi connectivity index (χ2n) is 4.91. The standard InChI is InChI=1S/C13H16ClN3/c1-17-12-10(14)3-2-4-11(12)16-13(17)8-5-6-9(15)7-8/h2-4,8-9H,5-7,15H2,1H3/t8-,9+/m1/s1. The van der Waals surface area contributed by atoms with Crippen LogP contribution < -0.4 is 5.73 Å². The van der Waals surface area contributed by atoms with Gasteiger partial charge in [0.25, 0.3) is 0 Å². The van der Waals surface area contributed by atoms with Crippen LogP contribution in [0.2, 0.25) is 5.02 Å². The van der Waals surface area contributed by atoms with Crippen molar-refractivity contribution in [2.75, 3.05) is 0 Å². The molecule has 3 nitrogen and oxygen atoms in total. The lowest BCUT2D eigenvalue weighted by Gasteiger charge is -2.09. The van der Waals surface area contributed by atoms with Crippen molar-refractivity contribution in [3.05, 3.63) is 29.0 Å². The summed E-state index contributed by atoms with van der Waals surface area (Å²) in [5.74, 6) is 1.61. The molecule has 17 heavy (non-hydrogen) atoms. The third-order valence-electron chi connectivity index (χ3n) is 3.72. The van der Waals surface area contributed by atoms with Gasteiger partial charge in [0.05, 0.1) is 16.1 Å². The minimum absolute atomic E-state index is 0.329. The first kappa shape index (κ1) is 11.1. The van der Waals surface area contributed by atoms with Gasteiger partial charge in [-0.05, 0) is 31.4 Å². The zero-order chi connectivity index (χ0) is 12.0. The average Bonchev–Trinajstić information content (AvgIpc) is 2.84. The molecule has 2 aromatic rings. The topological polar surface area (TPSA) is 43.8 Å². The fourth-order valence-corrected chi connectivity index (χ4v) is 3.15. The minimum atomic E-state index is 0.329. The summed E-state index contributed by atoms with van der Waals surface area (Å²) >= 11 is 6.23. The van der Waals surface area contributed by atoms with Gasteiger partial charge in [-0.15, -0.1) is 0 Å². The van der Waals surface area contributed by atoms with Crippen LogP contribution in [0.5, 0.6) is 0 Å². The Morgan fingerprint density at radius 1 is 1.41 bits per heavy atom. The Hall–Kier alpha value is -1.06. The van der Waals surface area contributed by atoms with E-state index in [4.69, 9.17) is 22.3 Å². The first-order valence-electron chi connectivity index (χ1n) is 6.03. The molecule has 1 aliphatic rings. The van der Waals surface area contributed by atoms with E-state index < -0.39 is 0 Å². The van der Waals surface area contributed by atoms with E-state index in [0.29, 0.717) is 12.0 Å². The molecule has 3 rings (SSSR count). The maximum atomic E-state index is 6.23. The second kappa shape index (κ2) is 4.00. The summed E-state index contributed by atoms with van der Waals surface area (Å²) in [4.78, 5) is 4.71. The van der Waals surface area contributed by atoms with Crippen LogP contribution in [-0.4, -0.2) is 15.6 Å². The summed E-state index contributed by atoms with van der Waals surface area (Å²) in [5.41, 5.74) is 7.99. The van der Waals surface area contributed by atoms with Crippen LogP contribution in [0.1, 0.15) is 31.0 Å². The molecule has 1 aromatic carbocycles. The minimum Gasteiger partial charge on any atom is -0.330 e. The Morgan fingerprint density at radius 3 is 2.88 bits per heavy atom. The highest BCUT2D eigenvalue weighted by atomic mass is 35.5. The van der Waals surface area contributed by atoms with E-state index in [1.54, 1.807) is 0 Å². The molecule has 0 radical (unpaired) electrons. The molecule has 1 heterocycles. The predicted octanol–water partition coefficient (Wildman–Crippen LogP) is 2.82. The third kappa shape index (κ3) is 1.74. The molecule has 0 aliphatic heterocycles. The highest BCUT2D eigenvalue weighted by Gasteiger charge is 2.27. The molecule has 0 unspecified atom stereocenters. The van der Waals surface area contributed by atoms with Crippen LogP contribution in [0, 0.1) is 0 Å². The molecule has 2 atom stereocenters. The van der Waals surface area contributed by atoms with Gasteiger partial charge in [0.15, 0.2) is 0 Å². The van der Waals surface area contributed by atoms with Gasteiger partial charge in [0.2, 0.25) is 0 Å². The fourth-order valence-electron chi connectivity index (χ4n) is 2.86. The normalized spacial score (nSPS) is 24.6. The van der Waals surface area contributed by atoms with Crippen molar-refractivity contribution < 1.29 is 0 Å². The summed E-state index contributed by atoms with van der Waals surface area (Å²) in [6.07, 6.45) is 3.27. The average molecular weight is 250 g/mol. The van der Waals surface area contributed by atoms with E-state index in [9.17, 15) is 0 Å². The number of fused-ring (bicyclic) bond motifs is 1. The van der Waals surface area contributed by atoms with Crippen molar-refractivity contribution in [2.24, 2.45) is 12.8 Å². The second-order valence-corrected chi connectivity index (χ2v) is 5.31. The monoisotopic (exact) mass is 249 g/mol. The van der Waals surface area contributed by atoms with E-state index in [0.717, 1.165) is 41.1 Å². The zero-order valence-electron chi connectivity index (χ0n) is 9.86. The molecule has 2 N–H and O–H groups in total. The molecule has 0 spiro atoms. The summed E-state index contributed by atoms with van der Waals surface area (Å²) < 4.78 is 2.13. The molecule has 4 heteroatoms. The van der Waals surface area contributed by atoms with E-state index in [-0.39, 0.29) is 0 Å². The van der Waals surface area contributed by atoms with Crippen molar-refractivity contribution in [1.82, 2.24) is 9.55 Å². The molecule has 1 aromatic heterocycles. The van der Waals surface area contributed by atoms with Crippen molar-refractivity contribution in [3.8, 4) is 0 Å². The lowest BCUT2D eigenvalue weighted by molar-refractivity contribution is 0.621. The molecule has 1 aliphatic carbocycles. The number of rotatable bonds is 1. The van der Waals surface area contributed by atoms with E-state index in [1.807, 2.05) is 25.2 Å². The number of aromatic nitrogens is 2. The zero-order valence-corrected chi connectivity index (χ0v) is 10.6. The van der Waals surface area contributed by atoms with E-state index in [1.165, 1.54) is 0 Å². The quantitative estimate of drug-likeness (QED) is 0.845. The van der Waals surface area contributed by atoms with Crippen molar-refractivity contribution >= 4 is 22.6 Å². The predicted molar refractivity (Wildman–Crippen MR) is 70.3 cm³/mol. The van der Waals surface area contributed by atoms with Gasteiger partial charge in [-0.25, -0.2) is 4.98 Å². The number of para-hydroxylation sites is 1. The lowest BCUT2D eigenvalue weighted by atomic mass is 10.1. The Morgan fingerprint density at radius 2 is 2.24 bits per heavy atom. The van der Waals surface area contributed by atoms with Gasteiger partial charge >= 0.3 is 0 Å². The number of nitrogens with two attached hydrogens (primary N) is 1. The van der Waals surface area contributed by atoms with E-state index in [2.05, 4.69) is 4.57 Å². The van der Waals surface area contributed by atoms with Gasteiger partial charge in [0.1, 0.15) is 5.82 Å². The summed E-state index contributed by atoms with van der Waals surface area (Å²) in [7, 11) is 2.04. The number of nitrogens with zero attached hydrogens (tertiary/aromatic N) is 2. The molecule has 90 valence electrons. The van der Waals surface area contributed by atoms with Gasteiger partial charge in [-0.3, -0.25) is 0 Å². The molecule has 1 saturated carbocycles. The lowest BCUT2D eigenvalue weighted by Crippen LogP contribution is -2.15. The number of aryl methyl sites for hydroxylation is 1. The van der Waals surface area contributed by atoms with Crippen LogP contribution in [0.25, 0.3) is 11.0 Å². The molecule has 0 bridgehead atoms. The molecular weight excluding hydrogens is 234 g/mol. The fraction of sp³-hybridized carbons (Fsp3) is 0.462. The Bertz CT molecular complexity index is 561. The highest BCUT2D eigenvalue weighted by molar-refractivity contribution is 6.35. The number of hydrogen-bond acceptors (Lipinski definition) is 2. The largest absolute Gasteiger partial charge is 0.330 e. The Labute approximate surface area is 106 Å². The third-order valence-corrected chi connectivity index (χ3v) is 4.02. The van der Waals surface area contributed by atoms with Crippen LogP contribution in [0.3, 0.4) is 0 Å². The van der Waals surface area contributed by atoms with Crippen LogP contribution in [-0.2, 0) is 7.05 Å². The smallest absolute Gasteiger partial charge is 0.112 e. The number of halogens is 1. The molecular formula is C13H16ClN3. The van der Waals surface area contributed by atoms with Gasteiger partial charge in [0, 0.05) is 19.0 Å². The van der Waals surface area contributed by atoms with Crippen molar-refractivity contribution in [3.63, 3.8) is 0 Å².